The van der Waals surface area contributed by atoms with Gasteiger partial charge in [0.05, 0.1) is 23.8 Å². The quantitative estimate of drug-likeness (QED) is 0.534. The molecule has 0 saturated carbocycles. The number of terminal acetylenes is 1. The lowest BCUT2D eigenvalue weighted by Crippen LogP contribution is -2.56. The number of hydrogen-bond acceptors (Lipinski definition) is 5. The van der Waals surface area contributed by atoms with Crippen molar-refractivity contribution in [2.45, 2.75) is 70.9 Å². The second-order valence-corrected chi connectivity index (χ2v) is 9.60. The SMILES string of the molecule is C#Cc1ccc([C@H](NC(=O)[C@@H]2C[C@@H](O)CN2C(=O)[C@@H](N)C(C)(C)C)C(C)(C)O)cc1. The maximum absolute atomic E-state index is 13.1. The molecule has 0 bridgehead atoms. The largest absolute Gasteiger partial charge is 0.391 e. The molecule has 4 atom stereocenters. The highest BCUT2D eigenvalue weighted by molar-refractivity contribution is 5.91. The zero-order valence-electron chi connectivity index (χ0n) is 18.3. The van der Waals surface area contributed by atoms with Crippen LogP contribution in [-0.4, -0.2) is 57.3 Å². The summed E-state index contributed by atoms with van der Waals surface area (Å²) in [6.45, 7) is 8.78. The third kappa shape index (κ3) is 5.39. The summed E-state index contributed by atoms with van der Waals surface area (Å²) in [6.07, 6.45) is 4.70. The van der Waals surface area contributed by atoms with Crippen LogP contribution in [0.3, 0.4) is 0 Å². The first kappa shape index (κ1) is 23.9. The number of β-amino-alcohol motifs (C(OH)–C–C–N with tert-alkyl or cyclic N) is 1. The summed E-state index contributed by atoms with van der Waals surface area (Å²) in [6, 6.07) is 4.56. The smallest absolute Gasteiger partial charge is 0.243 e. The van der Waals surface area contributed by atoms with Crippen LogP contribution in [0.2, 0.25) is 0 Å². The molecule has 1 saturated heterocycles. The summed E-state index contributed by atoms with van der Waals surface area (Å²) in [7, 11) is 0. The monoisotopic (exact) mass is 415 g/mol. The molecule has 7 heteroatoms. The minimum Gasteiger partial charge on any atom is -0.391 e. The number of hydrogen-bond donors (Lipinski definition) is 4. The summed E-state index contributed by atoms with van der Waals surface area (Å²) in [5.41, 5.74) is 5.71. The van der Waals surface area contributed by atoms with Gasteiger partial charge in [0.15, 0.2) is 0 Å². The fourth-order valence-corrected chi connectivity index (χ4v) is 3.53. The molecular weight excluding hydrogens is 382 g/mol. The minimum absolute atomic E-state index is 0.0464. The van der Waals surface area contributed by atoms with Crippen molar-refractivity contribution in [1.82, 2.24) is 10.2 Å². The molecule has 7 nitrogen and oxygen atoms in total. The number of amides is 2. The summed E-state index contributed by atoms with van der Waals surface area (Å²) in [5.74, 6) is 1.70. The van der Waals surface area contributed by atoms with Crippen molar-refractivity contribution in [3.63, 3.8) is 0 Å². The first-order valence-electron chi connectivity index (χ1n) is 10.1. The summed E-state index contributed by atoms with van der Waals surface area (Å²) < 4.78 is 0. The molecule has 0 unspecified atom stereocenters. The van der Waals surface area contributed by atoms with E-state index in [4.69, 9.17) is 12.2 Å². The Labute approximate surface area is 178 Å². The van der Waals surface area contributed by atoms with Crippen LogP contribution in [0.1, 0.15) is 58.2 Å². The van der Waals surface area contributed by atoms with E-state index in [1.807, 2.05) is 20.8 Å². The Morgan fingerprint density at radius 3 is 2.27 bits per heavy atom. The molecule has 1 aliphatic rings. The fourth-order valence-electron chi connectivity index (χ4n) is 3.53. The average molecular weight is 416 g/mol. The molecule has 1 aliphatic heterocycles. The first-order valence-corrected chi connectivity index (χ1v) is 10.1. The standard InChI is InChI=1S/C23H33N3O4/c1-7-14-8-10-15(11-9-14)19(23(5,6)30)25-20(28)17-12-16(27)13-26(17)21(29)18(24)22(2,3)4/h1,8-11,16-19,27,30H,12-13,24H2,2-6H3,(H,25,28)/t16-,17+,18-,19+/m1/s1. The number of aliphatic hydroxyl groups excluding tert-OH is 1. The molecule has 30 heavy (non-hydrogen) atoms. The number of rotatable bonds is 5. The lowest BCUT2D eigenvalue weighted by Gasteiger charge is -2.35. The second kappa shape index (κ2) is 8.76. The van der Waals surface area contributed by atoms with Crippen LogP contribution < -0.4 is 11.1 Å². The Hall–Kier alpha value is -2.40. The van der Waals surface area contributed by atoms with Crippen LogP contribution in [-0.2, 0) is 9.59 Å². The fraction of sp³-hybridized carbons (Fsp3) is 0.565. The number of nitrogens with two attached hydrogens (primary N) is 1. The summed E-state index contributed by atoms with van der Waals surface area (Å²) in [5, 5.41) is 23.7. The van der Waals surface area contributed by atoms with E-state index in [1.54, 1.807) is 38.1 Å². The van der Waals surface area contributed by atoms with Gasteiger partial charge in [-0.2, -0.15) is 0 Å². The predicted molar refractivity (Wildman–Crippen MR) is 115 cm³/mol. The van der Waals surface area contributed by atoms with Crippen molar-refractivity contribution in [3.8, 4) is 12.3 Å². The Morgan fingerprint density at radius 1 is 1.23 bits per heavy atom. The molecule has 5 N–H and O–H groups in total. The number of carbonyl (C=O) groups is 2. The van der Waals surface area contributed by atoms with Gasteiger partial charge in [0.25, 0.3) is 0 Å². The lowest BCUT2D eigenvalue weighted by atomic mass is 9.86. The number of carbonyl (C=O) groups excluding carboxylic acids is 2. The van der Waals surface area contributed by atoms with Crippen LogP contribution in [0, 0.1) is 17.8 Å². The normalized spacial score (nSPS) is 21.6. The van der Waals surface area contributed by atoms with E-state index in [1.165, 1.54) is 4.90 Å². The van der Waals surface area contributed by atoms with E-state index in [-0.39, 0.29) is 18.9 Å². The van der Waals surface area contributed by atoms with Gasteiger partial charge in [-0.1, -0.05) is 38.8 Å². The van der Waals surface area contributed by atoms with Crippen LogP contribution >= 0.6 is 0 Å². The average Bonchev–Trinajstić information content (AvgIpc) is 3.05. The molecule has 0 aliphatic carbocycles. The highest BCUT2D eigenvalue weighted by atomic mass is 16.3. The Balaban J connectivity index is 2.26. The molecule has 1 aromatic carbocycles. The zero-order chi connectivity index (χ0) is 22.9. The van der Waals surface area contributed by atoms with Gasteiger partial charge in [-0.15, -0.1) is 6.42 Å². The second-order valence-electron chi connectivity index (χ2n) is 9.60. The molecular formula is C23H33N3O4. The van der Waals surface area contributed by atoms with Crippen molar-refractivity contribution < 1.29 is 19.8 Å². The van der Waals surface area contributed by atoms with Crippen molar-refractivity contribution >= 4 is 11.8 Å². The molecule has 0 aromatic heterocycles. The topological polar surface area (TPSA) is 116 Å². The van der Waals surface area contributed by atoms with Gasteiger partial charge < -0.3 is 26.2 Å². The van der Waals surface area contributed by atoms with Gasteiger partial charge in [0.1, 0.15) is 6.04 Å². The van der Waals surface area contributed by atoms with Crippen LogP contribution in [0.4, 0.5) is 0 Å². The van der Waals surface area contributed by atoms with Gasteiger partial charge >= 0.3 is 0 Å². The number of nitrogens with one attached hydrogen (secondary N) is 1. The Bertz CT molecular complexity index is 815. The van der Waals surface area contributed by atoms with Gasteiger partial charge in [-0.3, -0.25) is 9.59 Å². The third-order valence-electron chi connectivity index (χ3n) is 5.47. The van der Waals surface area contributed by atoms with Crippen molar-refractivity contribution in [2.24, 2.45) is 11.1 Å². The molecule has 0 radical (unpaired) electrons. The first-order chi connectivity index (χ1) is 13.8. The molecule has 0 spiro atoms. The molecule has 2 amide bonds. The maximum Gasteiger partial charge on any atom is 0.243 e. The molecule has 2 rings (SSSR count). The third-order valence-corrected chi connectivity index (χ3v) is 5.47. The molecule has 1 heterocycles. The number of likely N-dealkylation sites (tertiary alicyclic amines) is 1. The van der Waals surface area contributed by atoms with Gasteiger partial charge in [-0.25, -0.2) is 0 Å². The van der Waals surface area contributed by atoms with Crippen LogP contribution in [0.5, 0.6) is 0 Å². The number of benzene rings is 1. The van der Waals surface area contributed by atoms with Crippen molar-refractivity contribution in [1.29, 1.82) is 0 Å². The highest BCUT2D eigenvalue weighted by Crippen LogP contribution is 2.29. The van der Waals surface area contributed by atoms with E-state index in [0.29, 0.717) is 11.1 Å². The van der Waals surface area contributed by atoms with Gasteiger partial charge in [0, 0.05) is 18.5 Å². The van der Waals surface area contributed by atoms with E-state index in [9.17, 15) is 19.8 Å². The molecule has 1 aromatic rings. The Morgan fingerprint density at radius 2 is 1.80 bits per heavy atom. The van der Waals surface area contributed by atoms with Gasteiger partial charge in [0.2, 0.25) is 11.8 Å². The summed E-state index contributed by atoms with van der Waals surface area (Å²) >= 11 is 0. The predicted octanol–water partition coefficient (Wildman–Crippen LogP) is 0.931. The van der Waals surface area contributed by atoms with E-state index in [2.05, 4.69) is 11.2 Å². The van der Waals surface area contributed by atoms with Gasteiger partial charge in [-0.05, 0) is 37.0 Å². The number of nitrogens with zero attached hydrogens (tertiary/aromatic N) is 1. The minimum atomic E-state index is -1.28. The van der Waals surface area contributed by atoms with Crippen molar-refractivity contribution in [3.05, 3.63) is 35.4 Å². The van der Waals surface area contributed by atoms with E-state index >= 15 is 0 Å². The molecule has 164 valence electrons. The van der Waals surface area contributed by atoms with Crippen molar-refractivity contribution in [2.75, 3.05) is 6.54 Å². The zero-order valence-corrected chi connectivity index (χ0v) is 18.3. The maximum atomic E-state index is 13.1. The Kier molecular flexibility index (Phi) is 6.97. The lowest BCUT2D eigenvalue weighted by molar-refractivity contribution is -0.142. The van der Waals surface area contributed by atoms with E-state index < -0.39 is 41.2 Å². The van der Waals surface area contributed by atoms with E-state index in [0.717, 1.165) is 0 Å². The summed E-state index contributed by atoms with van der Waals surface area (Å²) in [4.78, 5) is 27.4. The molecule has 1 fully saturated rings. The van der Waals surface area contributed by atoms with Crippen LogP contribution in [0.25, 0.3) is 0 Å². The number of aliphatic hydroxyl groups is 2. The van der Waals surface area contributed by atoms with Crippen LogP contribution in [0.15, 0.2) is 24.3 Å². The highest BCUT2D eigenvalue weighted by Gasteiger charge is 2.44.